The van der Waals surface area contributed by atoms with Gasteiger partial charge in [-0.15, -0.1) is 0 Å². The molecule has 18 heavy (non-hydrogen) atoms. The minimum atomic E-state index is -0.313. The third-order valence-corrected chi connectivity index (χ3v) is 3.81. The van der Waals surface area contributed by atoms with Crippen LogP contribution in [0.1, 0.15) is 38.2 Å². The van der Waals surface area contributed by atoms with Gasteiger partial charge in [-0.3, -0.25) is 10.1 Å². The third kappa shape index (κ3) is 2.47. The van der Waals surface area contributed by atoms with E-state index in [-0.39, 0.29) is 10.6 Å². The summed E-state index contributed by atoms with van der Waals surface area (Å²) in [5.41, 5.74) is 2.09. The summed E-state index contributed by atoms with van der Waals surface area (Å²) in [6, 6.07) is 6.05. The number of nitro benzene ring substituents is 1. The molecule has 1 atom stereocenters. The normalized spacial score (nSPS) is 19.9. The number of nitrogens with zero attached hydrogens (tertiary/aromatic N) is 2. The smallest absolute Gasteiger partial charge is 0.272 e. The van der Waals surface area contributed by atoms with Crippen molar-refractivity contribution in [2.24, 2.45) is 0 Å². The van der Waals surface area contributed by atoms with E-state index < -0.39 is 0 Å². The molecule has 4 nitrogen and oxygen atoms in total. The Morgan fingerprint density at radius 3 is 2.83 bits per heavy atom. The van der Waals surface area contributed by atoms with Crippen LogP contribution in [0.15, 0.2) is 18.2 Å². The number of piperidine rings is 1. The van der Waals surface area contributed by atoms with Crippen molar-refractivity contribution in [1.82, 2.24) is 0 Å². The summed E-state index contributed by atoms with van der Waals surface area (Å²) in [7, 11) is 0. The molecule has 1 aromatic carbocycles. The molecule has 0 amide bonds. The van der Waals surface area contributed by atoms with E-state index in [0.717, 1.165) is 24.2 Å². The highest BCUT2D eigenvalue weighted by atomic mass is 16.6. The molecule has 0 aromatic heterocycles. The quantitative estimate of drug-likeness (QED) is 0.605. The van der Waals surface area contributed by atoms with Crippen molar-refractivity contribution in [3.05, 3.63) is 33.9 Å². The summed E-state index contributed by atoms with van der Waals surface area (Å²) in [4.78, 5) is 12.9. The fraction of sp³-hybridized carbons (Fsp3) is 0.571. The van der Waals surface area contributed by atoms with Crippen LogP contribution < -0.4 is 4.90 Å². The van der Waals surface area contributed by atoms with Crippen LogP contribution in [0.25, 0.3) is 0 Å². The van der Waals surface area contributed by atoms with Crippen LogP contribution in [0.3, 0.4) is 0 Å². The molecule has 0 aliphatic carbocycles. The Bertz CT molecular complexity index is 445. The van der Waals surface area contributed by atoms with Crippen LogP contribution in [-0.2, 0) is 0 Å². The Morgan fingerprint density at radius 1 is 1.44 bits per heavy atom. The maximum absolute atomic E-state index is 10.8. The molecule has 98 valence electrons. The zero-order chi connectivity index (χ0) is 13.1. The van der Waals surface area contributed by atoms with E-state index in [2.05, 4.69) is 11.8 Å². The van der Waals surface area contributed by atoms with Gasteiger partial charge in [0.1, 0.15) is 0 Å². The van der Waals surface area contributed by atoms with Crippen LogP contribution in [0.2, 0.25) is 0 Å². The zero-order valence-corrected chi connectivity index (χ0v) is 11.1. The number of rotatable bonds is 3. The largest absolute Gasteiger partial charge is 0.369 e. The van der Waals surface area contributed by atoms with Gasteiger partial charge in [-0.05, 0) is 44.7 Å². The number of hydrogen-bond acceptors (Lipinski definition) is 3. The number of hydrogen-bond donors (Lipinski definition) is 0. The van der Waals surface area contributed by atoms with Crippen molar-refractivity contribution in [2.75, 3.05) is 11.4 Å². The Hall–Kier alpha value is -1.58. The van der Waals surface area contributed by atoms with E-state index in [0.29, 0.717) is 6.04 Å². The van der Waals surface area contributed by atoms with Gasteiger partial charge < -0.3 is 4.90 Å². The van der Waals surface area contributed by atoms with Crippen LogP contribution in [0.5, 0.6) is 0 Å². The molecule has 0 N–H and O–H groups in total. The number of anilines is 1. The highest BCUT2D eigenvalue weighted by Gasteiger charge is 2.22. The molecule has 4 heteroatoms. The van der Waals surface area contributed by atoms with Gasteiger partial charge in [-0.25, -0.2) is 0 Å². The predicted molar refractivity (Wildman–Crippen MR) is 73.1 cm³/mol. The first-order valence-electron chi connectivity index (χ1n) is 6.65. The lowest BCUT2D eigenvalue weighted by atomic mass is 9.98. The molecule has 0 bridgehead atoms. The van der Waals surface area contributed by atoms with Gasteiger partial charge >= 0.3 is 0 Å². The molecule has 1 aromatic rings. The van der Waals surface area contributed by atoms with Crippen molar-refractivity contribution < 1.29 is 4.92 Å². The van der Waals surface area contributed by atoms with E-state index >= 15 is 0 Å². The molecule has 0 spiro atoms. The summed E-state index contributed by atoms with van der Waals surface area (Å²) in [5.74, 6) is 0. The van der Waals surface area contributed by atoms with Crippen LogP contribution in [0, 0.1) is 17.0 Å². The van der Waals surface area contributed by atoms with Crippen molar-refractivity contribution in [2.45, 2.75) is 45.6 Å². The lowest BCUT2D eigenvalue weighted by molar-refractivity contribution is -0.385. The van der Waals surface area contributed by atoms with Crippen molar-refractivity contribution in [3.8, 4) is 0 Å². The molecule has 0 saturated carbocycles. The maximum Gasteiger partial charge on any atom is 0.272 e. The van der Waals surface area contributed by atoms with Gasteiger partial charge in [0, 0.05) is 29.9 Å². The SMILES string of the molecule is CCC1CCCCN1c1ccc([N+](=O)[O-])c(C)c1. The molecule has 1 aliphatic heterocycles. The first kappa shape index (κ1) is 12.9. The van der Waals surface area contributed by atoms with Crippen LogP contribution >= 0.6 is 0 Å². The van der Waals surface area contributed by atoms with Gasteiger partial charge in [0.2, 0.25) is 0 Å². The Labute approximate surface area is 108 Å². The number of aryl methyl sites for hydroxylation is 1. The van der Waals surface area contributed by atoms with E-state index in [9.17, 15) is 10.1 Å². The topological polar surface area (TPSA) is 46.4 Å². The summed E-state index contributed by atoms with van der Waals surface area (Å²) in [5, 5.41) is 10.8. The molecule has 1 unspecified atom stereocenters. The standard InChI is InChI=1S/C14H20N2O2/c1-3-12-6-4-5-9-15(12)13-7-8-14(16(17)18)11(2)10-13/h7-8,10,12H,3-6,9H2,1-2H3. The van der Waals surface area contributed by atoms with Gasteiger partial charge in [-0.2, -0.15) is 0 Å². The van der Waals surface area contributed by atoms with Crippen LogP contribution in [-0.4, -0.2) is 17.5 Å². The zero-order valence-electron chi connectivity index (χ0n) is 11.1. The second-order valence-corrected chi connectivity index (χ2v) is 4.98. The average molecular weight is 248 g/mol. The second kappa shape index (κ2) is 5.38. The minimum absolute atomic E-state index is 0.212. The van der Waals surface area contributed by atoms with Gasteiger partial charge in [-0.1, -0.05) is 6.92 Å². The molecule has 1 saturated heterocycles. The molecule has 1 fully saturated rings. The summed E-state index contributed by atoms with van der Waals surface area (Å²) in [6.07, 6.45) is 4.87. The van der Waals surface area contributed by atoms with Gasteiger partial charge in [0.05, 0.1) is 4.92 Å². The van der Waals surface area contributed by atoms with Crippen molar-refractivity contribution >= 4 is 11.4 Å². The molecule has 1 aliphatic rings. The molecular weight excluding hydrogens is 228 g/mol. The number of nitro groups is 1. The van der Waals surface area contributed by atoms with Crippen molar-refractivity contribution in [3.63, 3.8) is 0 Å². The van der Waals surface area contributed by atoms with E-state index in [4.69, 9.17) is 0 Å². The minimum Gasteiger partial charge on any atom is -0.369 e. The van der Waals surface area contributed by atoms with Gasteiger partial charge in [0.25, 0.3) is 5.69 Å². The Balaban J connectivity index is 2.27. The fourth-order valence-corrected chi connectivity index (χ4v) is 2.79. The maximum atomic E-state index is 10.8. The van der Waals surface area contributed by atoms with Crippen molar-refractivity contribution in [1.29, 1.82) is 0 Å². The molecule has 2 rings (SSSR count). The summed E-state index contributed by atoms with van der Waals surface area (Å²) in [6.45, 7) is 5.09. The molecule has 0 radical (unpaired) electrons. The van der Waals surface area contributed by atoms with E-state index in [1.54, 1.807) is 6.07 Å². The third-order valence-electron chi connectivity index (χ3n) is 3.81. The van der Waals surface area contributed by atoms with Crippen LogP contribution in [0.4, 0.5) is 11.4 Å². The van der Waals surface area contributed by atoms with E-state index in [1.165, 1.54) is 19.3 Å². The average Bonchev–Trinajstić information content (AvgIpc) is 2.38. The predicted octanol–water partition coefficient (Wildman–Crippen LogP) is 3.67. The molecule has 1 heterocycles. The number of benzene rings is 1. The lowest BCUT2D eigenvalue weighted by Gasteiger charge is -2.37. The Kier molecular flexibility index (Phi) is 3.84. The fourth-order valence-electron chi connectivity index (χ4n) is 2.79. The highest BCUT2D eigenvalue weighted by molar-refractivity contribution is 5.56. The first-order valence-corrected chi connectivity index (χ1v) is 6.65. The van der Waals surface area contributed by atoms with E-state index in [1.807, 2.05) is 19.1 Å². The first-order chi connectivity index (χ1) is 8.63. The Morgan fingerprint density at radius 2 is 2.22 bits per heavy atom. The second-order valence-electron chi connectivity index (χ2n) is 4.98. The summed E-state index contributed by atoms with van der Waals surface area (Å²) >= 11 is 0. The lowest BCUT2D eigenvalue weighted by Crippen LogP contribution is -2.39. The highest BCUT2D eigenvalue weighted by Crippen LogP contribution is 2.30. The van der Waals surface area contributed by atoms with Gasteiger partial charge in [0.15, 0.2) is 0 Å². The summed E-state index contributed by atoms with van der Waals surface area (Å²) < 4.78 is 0. The monoisotopic (exact) mass is 248 g/mol. The molecular formula is C14H20N2O2.